The van der Waals surface area contributed by atoms with Crippen molar-refractivity contribution in [1.82, 2.24) is 9.97 Å². The Morgan fingerprint density at radius 2 is 1.88 bits per heavy atom. The molecule has 0 saturated carbocycles. The number of nitrogens with zero attached hydrogens (tertiary/aromatic N) is 3. The van der Waals surface area contributed by atoms with Gasteiger partial charge in [-0.2, -0.15) is 4.39 Å². The lowest BCUT2D eigenvalue weighted by molar-refractivity contribution is 0.521. The van der Waals surface area contributed by atoms with E-state index in [0.717, 1.165) is 11.3 Å². The van der Waals surface area contributed by atoms with E-state index in [-0.39, 0.29) is 11.8 Å². The van der Waals surface area contributed by atoms with Crippen LogP contribution in [-0.2, 0) is 0 Å². The van der Waals surface area contributed by atoms with Crippen molar-refractivity contribution >= 4 is 24.1 Å². The highest BCUT2D eigenvalue weighted by molar-refractivity contribution is 6.30. The van der Waals surface area contributed by atoms with Crippen molar-refractivity contribution in [1.29, 1.82) is 0 Å². The Morgan fingerprint density at radius 3 is 2.52 bits per heavy atom. The Bertz CT molecular complexity index is 1100. The third-order valence-corrected chi connectivity index (χ3v) is 5.15. The van der Waals surface area contributed by atoms with Crippen molar-refractivity contribution < 1.29 is 4.39 Å². The summed E-state index contributed by atoms with van der Waals surface area (Å²) >= 11 is 6.10. The number of allylic oxidation sites excluding steroid dienone is 3. The molecule has 2 heterocycles. The number of halogens is 2. The van der Waals surface area contributed by atoms with E-state index in [0.29, 0.717) is 28.6 Å². The number of nitrogens with two attached hydrogens (primary N) is 2. The minimum absolute atomic E-state index is 0.231. The number of hydrogen-bond acceptors (Lipinski definition) is 5. The molecular formula is C26H29ClFN5. The maximum atomic E-state index is 14.9. The molecule has 3 rings (SSSR count). The van der Waals surface area contributed by atoms with Gasteiger partial charge in [-0.1, -0.05) is 61.9 Å². The average molecular weight is 466 g/mol. The minimum atomic E-state index is -0.527. The van der Waals surface area contributed by atoms with Gasteiger partial charge in [0, 0.05) is 34.3 Å². The highest BCUT2D eigenvalue weighted by Crippen LogP contribution is 2.41. The molecule has 0 saturated heterocycles. The van der Waals surface area contributed by atoms with Crippen LogP contribution in [0, 0.1) is 5.95 Å². The fourth-order valence-electron chi connectivity index (χ4n) is 3.48. The molecule has 1 aromatic carbocycles. The quantitative estimate of drug-likeness (QED) is 0.234. The van der Waals surface area contributed by atoms with Gasteiger partial charge in [-0.05, 0) is 55.1 Å². The van der Waals surface area contributed by atoms with Crippen molar-refractivity contribution in [3.63, 3.8) is 0 Å². The van der Waals surface area contributed by atoms with E-state index < -0.39 is 5.95 Å². The summed E-state index contributed by atoms with van der Waals surface area (Å²) in [6.07, 6.45) is 7.35. The molecule has 0 spiro atoms. The van der Waals surface area contributed by atoms with Crippen LogP contribution in [0.1, 0.15) is 48.9 Å². The number of anilines is 1. The lowest BCUT2D eigenvalue weighted by atomic mass is 9.77. The maximum Gasteiger partial charge on any atom is 0.216 e. The molecule has 0 fully saturated rings. The maximum absolute atomic E-state index is 14.9. The predicted octanol–water partition coefficient (Wildman–Crippen LogP) is 6.24. The van der Waals surface area contributed by atoms with Crippen molar-refractivity contribution in [2.45, 2.75) is 32.1 Å². The molecule has 172 valence electrons. The third kappa shape index (κ3) is 7.26. The number of rotatable bonds is 8. The summed E-state index contributed by atoms with van der Waals surface area (Å²) in [4.78, 5) is 12.1. The highest BCUT2D eigenvalue weighted by Gasteiger charge is 2.29. The van der Waals surface area contributed by atoms with Gasteiger partial charge in [0.25, 0.3) is 0 Å². The highest BCUT2D eigenvalue weighted by atomic mass is 35.5. The fraction of sp³-hybridized carbons (Fsp3) is 0.192. The summed E-state index contributed by atoms with van der Waals surface area (Å²) in [5.41, 5.74) is 13.7. The van der Waals surface area contributed by atoms with Gasteiger partial charge in [-0.15, -0.1) is 0 Å². The van der Waals surface area contributed by atoms with Crippen LogP contribution in [0.25, 0.3) is 0 Å². The summed E-state index contributed by atoms with van der Waals surface area (Å²) in [5.74, 6) is -0.425. The lowest BCUT2D eigenvalue weighted by Crippen LogP contribution is -2.16. The molecule has 0 amide bonds. The Hall–Kier alpha value is -3.51. The first kappa shape index (κ1) is 25.7. The van der Waals surface area contributed by atoms with Gasteiger partial charge in [0.1, 0.15) is 11.6 Å². The van der Waals surface area contributed by atoms with E-state index in [1.165, 1.54) is 6.20 Å². The van der Waals surface area contributed by atoms with Gasteiger partial charge in [-0.25, -0.2) is 15.0 Å². The molecule has 33 heavy (non-hydrogen) atoms. The number of aromatic nitrogens is 2. The van der Waals surface area contributed by atoms with Crippen LogP contribution in [0.15, 0.2) is 89.8 Å². The van der Waals surface area contributed by atoms with Crippen molar-refractivity contribution in [2.75, 3.05) is 5.73 Å². The Labute approximate surface area is 199 Å². The molecule has 0 aliphatic heterocycles. The van der Waals surface area contributed by atoms with Gasteiger partial charge in [-0.3, -0.25) is 0 Å². The Morgan fingerprint density at radius 1 is 1.15 bits per heavy atom. The monoisotopic (exact) mass is 465 g/mol. The zero-order chi connectivity index (χ0) is 24.2. The minimum Gasteiger partial charge on any atom is -0.384 e. The third-order valence-electron chi connectivity index (χ3n) is 4.90. The summed E-state index contributed by atoms with van der Waals surface area (Å²) in [7, 11) is 0. The van der Waals surface area contributed by atoms with Crippen LogP contribution < -0.4 is 11.5 Å². The number of aliphatic imine (C=N–C) groups is 1. The topological polar surface area (TPSA) is 90.2 Å². The van der Waals surface area contributed by atoms with Gasteiger partial charge in [0.05, 0.1) is 0 Å². The lowest BCUT2D eigenvalue weighted by Gasteiger charge is -2.27. The van der Waals surface area contributed by atoms with Crippen molar-refractivity contribution in [3.05, 3.63) is 113 Å². The van der Waals surface area contributed by atoms with Crippen LogP contribution in [0.3, 0.4) is 0 Å². The molecule has 0 aliphatic rings. The molecule has 2 aromatic heterocycles. The molecule has 0 bridgehead atoms. The standard InChI is InChI=1S/C24H23ClFN5.C2H6/c1-29-21(27)9-3-2-6-18(20-8-4-10-22(28)31-20)23(16-11-13-17(25)14-12-16)19-7-5-15-30-24(19)26;1-2/h2-5,7-15,18,23H,1,6,27H2,(H2,28,31);1-2H3/b3-2-,21-9-;. The first-order chi connectivity index (χ1) is 16.0. The van der Waals surface area contributed by atoms with Gasteiger partial charge < -0.3 is 11.5 Å². The number of benzene rings is 1. The summed E-state index contributed by atoms with van der Waals surface area (Å²) < 4.78 is 14.9. The van der Waals surface area contributed by atoms with E-state index in [9.17, 15) is 4.39 Å². The first-order valence-electron chi connectivity index (χ1n) is 10.7. The second-order valence-corrected chi connectivity index (χ2v) is 7.36. The van der Waals surface area contributed by atoms with E-state index in [1.54, 1.807) is 42.5 Å². The normalized spacial score (nSPS) is 13.2. The number of pyridine rings is 2. The summed E-state index contributed by atoms with van der Waals surface area (Å²) in [6, 6.07) is 16.3. The van der Waals surface area contributed by atoms with Crippen LogP contribution in [0.5, 0.6) is 0 Å². The zero-order valence-electron chi connectivity index (χ0n) is 18.8. The molecule has 2 unspecified atom stereocenters. The zero-order valence-corrected chi connectivity index (χ0v) is 19.6. The number of hydrogen-bond donors (Lipinski definition) is 2. The number of nitrogen functional groups attached to an aromatic ring is 1. The SMILES string of the molecule is C=N/C(N)=C\C=C/CC(c1cccc(N)n1)C(c1ccc(Cl)cc1)c1cccnc1F.CC. The van der Waals surface area contributed by atoms with Gasteiger partial charge in [0.2, 0.25) is 5.95 Å². The molecule has 0 aliphatic carbocycles. The predicted molar refractivity (Wildman–Crippen MR) is 136 cm³/mol. The summed E-state index contributed by atoms with van der Waals surface area (Å²) in [5, 5.41) is 0.602. The van der Waals surface area contributed by atoms with Crippen LogP contribution in [-0.4, -0.2) is 16.7 Å². The molecular weight excluding hydrogens is 437 g/mol. The van der Waals surface area contributed by atoms with Crippen LogP contribution in [0.2, 0.25) is 5.02 Å². The van der Waals surface area contributed by atoms with E-state index >= 15 is 0 Å². The van der Waals surface area contributed by atoms with Crippen LogP contribution in [0.4, 0.5) is 10.2 Å². The smallest absolute Gasteiger partial charge is 0.216 e. The van der Waals surface area contributed by atoms with E-state index in [2.05, 4.69) is 21.7 Å². The first-order valence-corrected chi connectivity index (χ1v) is 11.0. The second kappa shape index (κ2) is 13.1. The van der Waals surface area contributed by atoms with Crippen molar-refractivity contribution in [2.24, 2.45) is 10.7 Å². The molecule has 0 radical (unpaired) electrons. The molecule has 5 nitrogen and oxygen atoms in total. The largest absolute Gasteiger partial charge is 0.384 e. The molecule has 7 heteroatoms. The summed E-state index contributed by atoms with van der Waals surface area (Å²) in [6.45, 7) is 7.40. The van der Waals surface area contributed by atoms with Crippen molar-refractivity contribution in [3.8, 4) is 0 Å². The Kier molecular flexibility index (Phi) is 10.2. The molecule has 2 atom stereocenters. The fourth-order valence-corrected chi connectivity index (χ4v) is 3.60. The molecule has 4 N–H and O–H groups in total. The Balaban J connectivity index is 0.00000187. The molecule has 3 aromatic rings. The second-order valence-electron chi connectivity index (χ2n) is 6.92. The average Bonchev–Trinajstić information content (AvgIpc) is 2.84. The van der Waals surface area contributed by atoms with Gasteiger partial charge in [0.15, 0.2) is 0 Å². The van der Waals surface area contributed by atoms with E-state index in [1.807, 2.05) is 44.2 Å². The van der Waals surface area contributed by atoms with Crippen LogP contribution >= 0.6 is 11.6 Å². The van der Waals surface area contributed by atoms with E-state index in [4.69, 9.17) is 23.1 Å². The van der Waals surface area contributed by atoms with Gasteiger partial charge >= 0.3 is 0 Å².